The Morgan fingerprint density at radius 2 is 1.06 bits per heavy atom. The van der Waals surface area contributed by atoms with E-state index in [0.717, 1.165) is 22.8 Å². The van der Waals surface area contributed by atoms with Gasteiger partial charge in [0.2, 0.25) is 11.8 Å². The lowest BCUT2D eigenvalue weighted by Gasteiger charge is -2.13. The van der Waals surface area contributed by atoms with Crippen molar-refractivity contribution in [2.75, 3.05) is 26.4 Å². The fraction of sp³-hybridized carbons (Fsp3) is 0.318. The van der Waals surface area contributed by atoms with Crippen molar-refractivity contribution < 1.29 is 29.3 Å². The maximum absolute atomic E-state index is 12.6. The van der Waals surface area contributed by atoms with E-state index in [4.69, 9.17) is 40.9 Å². The molecule has 0 saturated carbocycles. The average Bonchev–Trinajstić information content (AvgIpc) is 4.02. The van der Waals surface area contributed by atoms with Crippen LogP contribution in [0.15, 0.2) is 60.9 Å². The van der Waals surface area contributed by atoms with Crippen molar-refractivity contribution in [1.29, 1.82) is 0 Å². The number of aromatic nitrogens is 10. The van der Waals surface area contributed by atoms with Crippen LogP contribution in [0.2, 0.25) is 0 Å². The van der Waals surface area contributed by atoms with Crippen molar-refractivity contribution in [1.82, 2.24) is 48.6 Å². The molecule has 6 N–H and O–H groups in total. The Hall–Kier alpha value is -7.18. The fourth-order valence-corrected chi connectivity index (χ4v) is 7.83. The minimum Gasteiger partial charge on any atom is -0.491 e. The van der Waals surface area contributed by atoms with Crippen molar-refractivity contribution >= 4 is 55.7 Å². The van der Waals surface area contributed by atoms with Gasteiger partial charge in [-0.25, -0.2) is 19.9 Å². The van der Waals surface area contributed by atoms with Crippen LogP contribution in [-0.2, 0) is 26.2 Å². The number of fused-ring (bicyclic) bond motifs is 6. The normalized spacial score (nSPS) is 11.9. The van der Waals surface area contributed by atoms with Gasteiger partial charge in [0.1, 0.15) is 34.2 Å². The van der Waals surface area contributed by atoms with Gasteiger partial charge in [0.05, 0.1) is 35.6 Å². The standard InChI is InChI=1S/C44H48N12O6/c1-5-55-33(17-25(3)51-55)41-47-23-31-29-19-27(39(45)59)21-35(61-15-9-13-57)37(29)53(43(31)49-41)11-7-8-12-54-38-30(20-28(40(46)60)22-36(38)62-16-10-14-58)32-24-48-42(50-44(32)54)34-18-26(4)52-56(34)6-2/h7-8,17-24,57-58H,5-6,9-16H2,1-4H3,(H2,45,59)(H2,46,60)/b8-7+. The van der Waals surface area contributed by atoms with Crippen LogP contribution in [0.3, 0.4) is 0 Å². The second-order valence-electron chi connectivity index (χ2n) is 14.8. The minimum absolute atomic E-state index is 0.0706. The molecule has 0 saturated heterocycles. The molecule has 2 amide bonds. The number of amides is 2. The van der Waals surface area contributed by atoms with Crippen LogP contribution >= 0.6 is 0 Å². The number of hydrogen-bond donors (Lipinski definition) is 4. The highest BCUT2D eigenvalue weighted by Crippen LogP contribution is 2.38. The lowest BCUT2D eigenvalue weighted by atomic mass is 10.1. The van der Waals surface area contributed by atoms with Crippen LogP contribution in [0.25, 0.3) is 66.9 Å². The number of allylic oxidation sites excluding steroid dienone is 2. The highest BCUT2D eigenvalue weighted by molar-refractivity contribution is 6.13. The minimum atomic E-state index is -0.616. The van der Waals surface area contributed by atoms with Gasteiger partial charge in [-0.3, -0.25) is 19.0 Å². The van der Waals surface area contributed by atoms with E-state index in [1.165, 1.54) is 0 Å². The first-order chi connectivity index (χ1) is 30.0. The van der Waals surface area contributed by atoms with Crippen molar-refractivity contribution in [3.05, 3.63) is 83.5 Å². The summed E-state index contributed by atoms with van der Waals surface area (Å²) in [7, 11) is 0. The smallest absolute Gasteiger partial charge is 0.248 e. The number of aryl methyl sites for hydroxylation is 4. The Morgan fingerprint density at radius 3 is 1.44 bits per heavy atom. The molecular formula is C44H48N12O6. The van der Waals surface area contributed by atoms with E-state index in [-0.39, 0.29) is 37.6 Å². The van der Waals surface area contributed by atoms with E-state index in [1.54, 1.807) is 36.7 Å². The highest BCUT2D eigenvalue weighted by atomic mass is 16.5. The van der Waals surface area contributed by atoms with Crippen LogP contribution in [0.1, 0.15) is 58.8 Å². The molecule has 0 radical (unpaired) electrons. The summed E-state index contributed by atoms with van der Waals surface area (Å²) in [5, 5.41) is 31.1. The molecule has 0 bridgehead atoms. The number of rotatable bonds is 18. The van der Waals surface area contributed by atoms with E-state index in [9.17, 15) is 19.8 Å². The van der Waals surface area contributed by atoms with E-state index in [2.05, 4.69) is 10.2 Å². The molecule has 0 aliphatic heterocycles. The number of nitrogens with zero attached hydrogens (tertiary/aromatic N) is 10. The molecular weight excluding hydrogens is 793 g/mol. The first-order valence-corrected chi connectivity index (χ1v) is 20.5. The van der Waals surface area contributed by atoms with Crippen LogP contribution < -0.4 is 20.9 Å². The topological polar surface area (TPSA) is 242 Å². The van der Waals surface area contributed by atoms with Gasteiger partial charge in [-0.1, -0.05) is 12.2 Å². The second kappa shape index (κ2) is 17.4. The predicted octanol–water partition coefficient (Wildman–Crippen LogP) is 4.84. The molecule has 0 unspecified atom stereocenters. The second-order valence-corrected chi connectivity index (χ2v) is 14.8. The summed E-state index contributed by atoms with van der Waals surface area (Å²) < 4.78 is 20.2. The van der Waals surface area contributed by atoms with Crippen LogP contribution in [-0.4, -0.2) is 97.1 Å². The number of ether oxygens (including phenoxy) is 2. The summed E-state index contributed by atoms with van der Waals surface area (Å²) >= 11 is 0. The number of aliphatic hydroxyl groups excluding tert-OH is 2. The van der Waals surface area contributed by atoms with Crippen molar-refractivity contribution in [3.63, 3.8) is 0 Å². The van der Waals surface area contributed by atoms with Gasteiger partial charge in [0.15, 0.2) is 11.6 Å². The summed E-state index contributed by atoms with van der Waals surface area (Å²) in [6.45, 7) is 9.98. The number of primary amides is 2. The Labute approximate surface area is 355 Å². The zero-order valence-electron chi connectivity index (χ0n) is 35.0. The first-order valence-electron chi connectivity index (χ1n) is 20.5. The molecule has 0 aliphatic carbocycles. The van der Waals surface area contributed by atoms with Crippen molar-refractivity contribution in [3.8, 4) is 34.5 Å². The number of carbonyl (C=O) groups excluding carboxylic acids is 2. The first kappa shape index (κ1) is 41.5. The quantitative estimate of drug-likeness (QED) is 0.0670. The summed E-state index contributed by atoms with van der Waals surface area (Å²) in [6.07, 6.45) is 8.24. The summed E-state index contributed by atoms with van der Waals surface area (Å²) in [6, 6.07) is 10.6. The molecule has 8 rings (SSSR count). The number of aliphatic hydroxyl groups is 2. The maximum Gasteiger partial charge on any atom is 0.248 e. The Morgan fingerprint density at radius 1 is 0.645 bits per heavy atom. The van der Waals surface area contributed by atoms with Gasteiger partial charge in [-0.2, -0.15) is 10.2 Å². The number of benzene rings is 2. The van der Waals surface area contributed by atoms with Crippen LogP contribution in [0.4, 0.5) is 0 Å². The lowest BCUT2D eigenvalue weighted by Crippen LogP contribution is -2.12. The van der Waals surface area contributed by atoms with Gasteiger partial charge in [-0.15, -0.1) is 0 Å². The molecule has 0 aliphatic rings. The summed E-state index contributed by atoms with van der Waals surface area (Å²) in [5.74, 6) is 0.556. The van der Waals surface area contributed by atoms with Crippen molar-refractivity contribution in [2.45, 2.75) is 66.7 Å². The third kappa shape index (κ3) is 7.69. The molecule has 0 atom stereocenters. The number of nitrogens with two attached hydrogens (primary N) is 2. The Kier molecular flexibility index (Phi) is 11.7. The zero-order chi connectivity index (χ0) is 43.7. The maximum atomic E-state index is 12.6. The highest BCUT2D eigenvalue weighted by Gasteiger charge is 2.23. The molecule has 8 aromatic rings. The van der Waals surface area contributed by atoms with Crippen molar-refractivity contribution in [2.24, 2.45) is 11.5 Å². The fourth-order valence-electron chi connectivity index (χ4n) is 7.83. The van der Waals surface area contributed by atoms with Gasteiger partial charge in [0.25, 0.3) is 0 Å². The Bertz CT molecular complexity index is 2830. The number of hydrogen-bond acceptors (Lipinski definition) is 12. The molecule has 0 spiro atoms. The van der Waals surface area contributed by atoms with E-state index in [0.29, 0.717) is 106 Å². The van der Waals surface area contributed by atoms with E-state index in [1.807, 2.05) is 70.5 Å². The number of carbonyl (C=O) groups is 2. The summed E-state index contributed by atoms with van der Waals surface area (Å²) in [5.41, 5.74) is 17.9. The third-order valence-corrected chi connectivity index (χ3v) is 10.6. The Balaban J connectivity index is 1.29. The molecule has 2 aromatic carbocycles. The van der Waals surface area contributed by atoms with Gasteiger partial charge in [-0.05, 0) is 64.1 Å². The van der Waals surface area contributed by atoms with E-state index >= 15 is 0 Å². The SMILES string of the molecule is CCn1nc(C)cc1-c1ncc2c3cc(C(N)=O)cc(OCCCO)c3n(C/C=C/Cn3c4nc(-c5cc(C)nn5CC)ncc4c4cc(C(N)=O)cc(OCCCO)c43)c2n1. The molecule has 18 nitrogen and oxygen atoms in total. The lowest BCUT2D eigenvalue weighted by molar-refractivity contribution is 0.0991. The van der Waals surface area contributed by atoms with Gasteiger partial charge >= 0.3 is 0 Å². The van der Waals surface area contributed by atoms with Crippen LogP contribution in [0, 0.1) is 13.8 Å². The molecule has 6 aromatic heterocycles. The molecule has 18 heteroatoms. The van der Waals surface area contributed by atoms with Gasteiger partial charge < -0.3 is 40.3 Å². The average molecular weight is 841 g/mol. The molecule has 6 heterocycles. The van der Waals surface area contributed by atoms with Crippen LogP contribution in [0.5, 0.6) is 11.5 Å². The molecule has 0 fully saturated rings. The molecule has 62 heavy (non-hydrogen) atoms. The zero-order valence-corrected chi connectivity index (χ0v) is 35.0. The van der Waals surface area contributed by atoms with Gasteiger partial charge in [0, 0.05) is 97.3 Å². The monoisotopic (exact) mass is 840 g/mol. The third-order valence-electron chi connectivity index (χ3n) is 10.6. The predicted molar refractivity (Wildman–Crippen MR) is 234 cm³/mol. The molecule has 320 valence electrons. The van der Waals surface area contributed by atoms with E-state index < -0.39 is 11.8 Å². The summed E-state index contributed by atoms with van der Waals surface area (Å²) in [4.78, 5) is 44.9. The largest absolute Gasteiger partial charge is 0.491 e.